The molecule has 1 aliphatic heterocycles. The molecular weight excluding hydrogens is 379 g/mol. The summed E-state index contributed by atoms with van der Waals surface area (Å²) in [6.45, 7) is 8.12. The minimum atomic E-state index is -4.52. The number of anilines is 2. The summed E-state index contributed by atoms with van der Waals surface area (Å²) in [6.07, 6.45) is -4.52. The second-order valence-electron chi connectivity index (χ2n) is 7.78. The molecule has 0 radical (unpaired) electrons. The molecule has 0 saturated heterocycles. The topological polar surface area (TPSA) is 44.4 Å². The second kappa shape index (κ2) is 8.45. The lowest BCUT2D eigenvalue weighted by atomic mass is 10.1. The molecule has 0 spiro atoms. The molecule has 1 aliphatic rings. The maximum Gasteiger partial charge on any atom is 0.418 e. The van der Waals surface area contributed by atoms with E-state index in [0.717, 1.165) is 30.4 Å². The molecule has 0 bridgehead atoms. The fourth-order valence-corrected chi connectivity index (χ4v) is 3.53. The van der Waals surface area contributed by atoms with E-state index < -0.39 is 17.6 Å². The first-order valence-corrected chi connectivity index (χ1v) is 9.71. The Balaban J connectivity index is 1.66. The molecule has 3 rings (SSSR count). The number of halogens is 3. The fraction of sp³-hybridized carbons (Fsp3) is 0.409. The van der Waals surface area contributed by atoms with E-state index in [1.54, 1.807) is 0 Å². The highest BCUT2D eigenvalue weighted by atomic mass is 19.4. The van der Waals surface area contributed by atoms with Gasteiger partial charge in [0.15, 0.2) is 0 Å². The molecule has 1 unspecified atom stereocenters. The van der Waals surface area contributed by atoms with Crippen molar-refractivity contribution in [3.05, 3.63) is 59.2 Å². The van der Waals surface area contributed by atoms with Gasteiger partial charge in [0.05, 0.1) is 17.8 Å². The van der Waals surface area contributed by atoms with Gasteiger partial charge in [0, 0.05) is 24.8 Å². The van der Waals surface area contributed by atoms with Crippen molar-refractivity contribution in [1.29, 1.82) is 0 Å². The van der Waals surface area contributed by atoms with E-state index >= 15 is 0 Å². The van der Waals surface area contributed by atoms with Crippen LogP contribution in [0.1, 0.15) is 37.5 Å². The maximum atomic E-state index is 13.1. The van der Waals surface area contributed by atoms with Crippen LogP contribution < -0.4 is 10.6 Å². The first-order valence-electron chi connectivity index (χ1n) is 9.71. The van der Waals surface area contributed by atoms with Crippen molar-refractivity contribution in [2.45, 2.75) is 46.1 Å². The number of alkyl halides is 3. The minimum Gasteiger partial charge on any atom is -0.376 e. The van der Waals surface area contributed by atoms with Crippen LogP contribution >= 0.6 is 0 Å². The summed E-state index contributed by atoms with van der Waals surface area (Å²) in [5, 5.41) is 5.46. The van der Waals surface area contributed by atoms with Gasteiger partial charge in [0.25, 0.3) is 0 Å². The van der Waals surface area contributed by atoms with Gasteiger partial charge < -0.3 is 10.6 Å². The monoisotopic (exact) mass is 405 g/mol. The van der Waals surface area contributed by atoms with Crippen LogP contribution in [0.3, 0.4) is 0 Å². The Morgan fingerprint density at radius 1 is 1.03 bits per heavy atom. The van der Waals surface area contributed by atoms with E-state index in [4.69, 9.17) is 0 Å². The SMILES string of the molecule is CC(C)C(C)N1Cc2cccc(NCC(=O)Nc3ccccc3C(F)(F)F)c2C1. The van der Waals surface area contributed by atoms with E-state index in [2.05, 4.69) is 42.4 Å². The number of hydrogen-bond acceptors (Lipinski definition) is 3. The molecule has 2 aromatic carbocycles. The normalized spacial score (nSPS) is 15.3. The molecule has 0 fully saturated rings. The number of amides is 1. The predicted octanol–water partition coefficient (Wildman–Crippen LogP) is 5.12. The van der Waals surface area contributed by atoms with Gasteiger partial charge in [-0.1, -0.05) is 38.1 Å². The van der Waals surface area contributed by atoms with Crippen LogP contribution in [0.25, 0.3) is 0 Å². The lowest BCUT2D eigenvalue weighted by Crippen LogP contribution is -2.32. The van der Waals surface area contributed by atoms with Crippen molar-refractivity contribution in [2.24, 2.45) is 5.92 Å². The lowest BCUT2D eigenvalue weighted by molar-refractivity contribution is -0.137. The molecular formula is C22H26F3N3O. The van der Waals surface area contributed by atoms with Crippen LogP contribution in [0.4, 0.5) is 24.5 Å². The Hall–Kier alpha value is -2.54. The smallest absolute Gasteiger partial charge is 0.376 e. The molecule has 4 nitrogen and oxygen atoms in total. The zero-order valence-electron chi connectivity index (χ0n) is 16.8. The summed E-state index contributed by atoms with van der Waals surface area (Å²) in [4.78, 5) is 14.7. The number of fused-ring (bicyclic) bond motifs is 1. The average molecular weight is 405 g/mol. The van der Waals surface area contributed by atoms with Gasteiger partial charge in [-0.25, -0.2) is 0 Å². The zero-order valence-corrected chi connectivity index (χ0v) is 16.8. The van der Waals surface area contributed by atoms with Gasteiger partial charge in [0.1, 0.15) is 0 Å². The lowest BCUT2D eigenvalue weighted by Gasteiger charge is -2.27. The average Bonchev–Trinajstić information content (AvgIpc) is 3.10. The van der Waals surface area contributed by atoms with Crippen LogP contribution in [0, 0.1) is 5.92 Å². The number of carbonyl (C=O) groups excluding carboxylic acids is 1. The highest BCUT2D eigenvalue weighted by molar-refractivity contribution is 5.94. The molecule has 7 heteroatoms. The summed E-state index contributed by atoms with van der Waals surface area (Å²) in [5.74, 6) is 0.00454. The van der Waals surface area contributed by atoms with Crippen molar-refractivity contribution in [1.82, 2.24) is 4.90 Å². The van der Waals surface area contributed by atoms with E-state index in [0.29, 0.717) is 12.0 Å². The fourth-order valence-electron chi connectivity index (χ4n) is 3.53. The standard InChI is InChI=1S/C22H26F3N3O/c1-14(2)15(3)28-12-16-7-6-10-19(17(16)13-28)26-11-21(29)27-20-9-5-4-8-18(20)22(23,24)25/h4-10,14-15,26H,11-13H2,1-3H3,(H,27,29). The van der Waals surface area contributed by atoms with Crippen LogP contribution in [0.15, 0.2) is 42.5 Å². The molecule has 2 aromatic rings. The number of nitrogens with one attached hydrogen (secondary N) is 2. The molecule has 0 aromatic heterocycles. The molecule has 0 aliphatic carbocycles. The summed E-state index contributed by atoms with van der Waals surface area (Å²) >= 11 is 0. The first-order chi connectivity index (χ1) is 13.7. The highest BCUT2D eigenvalue weighted by Crippen LogP contribution is 2.35. The third kappa shape index (κ3) is 4.90. The Morgan fingerprint density at radius 2 is 1.72 bits per heavy atom. The van der Waals surface area contributed by atoms with Crippen molar-refractivity contribution in [3.63, 3.8) is 0 Å². The molecule has 156 valence electrons. The number of nitrogens with zero attached hydrogens (tertiary/aromatic N) is 1. The molecule has 0 saturated carbocycles. The van der Waals surface area contributed by atoms with E-state index in [9.17, 15) is 18.0 Å². The van der Waals surface area contributed by atoms with Gasteiger partial charge in [-0.2, -0.15) is 13.2 Å². The summed E-state index contributed by atoms with van der Waals surface area (Å²) < 4.78 is 39.3. The largest absolute Gasteiger partial charge is 0.418 e. The van der Waals surface area contributed by atoms with Crippen molar-refractivity contribution < 1.29 is 18.0 Å². The van der Waals surface area contributed by atoms with E-state index in [1.165, 1.54) is 23.8 Å². The van der Waals surface area contributed by atoms with Crippen LogP contribution in [0.2, 0.25) is 0 Å². The summed E-state index contributed by atoms with van der Waals surface area (Å²) in [7, 11) is 0. The molecule has 1 amide bonds. The first kappa shape index (κ1) is 21.2. The molecule has 2 N–H and O–H groups in total. The van der Waals surface area contributed by atoms with Gasteiger partial charge in [-0.05, 0) is 42.2 Å². The highest BCUT2D eigenvalue weighted by Gasteiger charge is 2.33. The number of para-hydroxylation sites is 1. The van der Waals surface area contributed by atoms with Crippen LogP contribution in [-0.4, -0.2) is 23.4 Å². The van der Waals surface area contributed by atoms with Crippen LogP contribution in [0.5, 0.6) is 0 Å². The quantitative estimate of drug-likeness (QED) is 0.701. The molecule has 29 heavy (non-hydrogen) atoms. The van der Waals surface area contributed by atoms with Crippen LogP contribution in [-0.2, 0) is 24.1 Å². The van der Waals surface area contributed by atoms with Gasteiger partial charge in [-0.3, -0.25) is 9.69 Å². The van der Waals surface area contributed by atoms with Crippen molar-refractivity contribution in [3.8, 4) is 0 Å². The third-order valence-electron chi connectivity index (χ3n) is 5.49. The van der Waals surface area contributed by atoms with Gasteiger partial charge in [0.2, 0.25) is 5.91 Å². The number of rotatable bonds is 6. The number of carbonyl (C=O) groups is 1. The summed E-state index contributed by atoms with van der Waals surface area (Å²) in [5.41, 5.74) is 2.11. The van der Waals surface area contributed by atoms with Gasteiger partial charge >= 0.3 is 6.18 Å². The molecule has 1 heterocycles. The Kier molecular flexibility index (Phi) is 6.17. The molecule has 1 atom stereocenters. The Morgan fingerprint density at radius 3 is 2.41 bits per heavy atom. The van der Waals surface area contributed by atoms with E-state index in [-0.39, 0.29) is 12.2 Å². The maximum absolute atomic E-state index is 13.1. The summed E-state index contributed by atoms with van der Waals surface area (Å²) in [6, 6.07) is 11.3. The minimum absolute atomic E-state index is 0.109. The second-order valence-corrected chi connectivity index (χ2v) is 7.78. The van der Waals surface area contributed by atoms with Gasteiger partial charge in [-0.15, -0.1) is 0 Å². The predicted molar refractivity (Wildman–Crippen MR) is 109 cm³/mol. The number of hydrogen-bond donors (Lipinski definition) is 2. The zero-order chi connectivity index (χ0) is 21.2. The van der Waals surface area contributed by atoms with Crippen molar-refractivity contribution >= 4 is 17.3 Å². The Labute approximate surface area is 169 Å². The van der Waals surface area contributed by atoms with E-state index in [1.807, 2.05) is 12.1 Å². The number of benzene rings is 2. The van der Waals surface area contributed by atoms with Crippen molar-refractivity contribution in [2.75, 3.05) is 17.2 Å². The third-order valence-corrected chi connectivity index (χ3v) is 5.49. The Bertz CT molecular complexity index is 880.